The van der Waals surface area contributed by atoms with Crippen molar-refractivity contribution in [1.29, 1.82) is 0 Å². The van der Waals surface area contributed by atoms with Gasteiger partial charge >= 0.3 is 0 Å². The van der Waals surface area contributed by atoms with E-state index in [9.17, 15) is 0 Å². The van der Waals surface area contributed by atoms with Gasteiger partial charge in [0.15, 0.2) is 5.96 Å². The first-order chi connectivity index (χ1) is 12.6. The Hall–Kier alpha value is -1.97. The molecule has 0 unspecified atom stereocenters. The number of nitrogens with zero attached hydrogens (tertiary/aromatic N) is 3. The fourth-order valence-corrected chi connectivity index (χ4v) is 2.63. The lowest BCUT2D eigenvalue weighted by Crippen LogP contribution is -2.37. The molecule has 27 heavy (non-hydrogen) atoms. The summed E-state index contributed by atoms with van der Waals surface area (Å²) in [5, 5.41) is 6.61. The quantitative estimate of drug-likeness (QED) is 0.340. The predicted octanol–water partition coefficient (Wildman–Crippen LogP) is 3.04. The van der Waals surface area contributed by atoms with Crippen molar-refractivity contribution in [3.63, 3.8) is 0 Å². The Morgan fingerprint density at radius 1 is 1.19 bits per heavy atom. The molecule has 2 rings (SSSR count). The number of aliphatic imine (C=N–C) groups is 1. The molecule has 2 N–H and O–H groups in total. The van der Waals surface area contributed by atoms with E-state index < -0.39 is 0 Å². The first kappa shape index (κ1) is 23.1. The molecule has 8 heteroatoms. The zero-order valence-corrected chi connectivity index (χ0v) is 19.0. The van der Waals surface area contributed by atoms with Crippen LogP contribution in [-0.2, 0) is 19.6 Å². The van der Waals surface area contributed by atoms with Crippen molar-refractivity contribution >= 4 is 29.9 Å². The van der Waals surface area contributed by atoms with E-state index in [1.54, 1.807) is 21.3 Å². The lowest BCUT2D eigenvalue weighted by atomic mass is 10.2. The van der Waals surface area contributed by atoms with Crippen molar-refractivity contribution in [3.05, 3.63) is 42.0 Å². The highest BCUT2D eigenvalue weighted by molar-refractivity contribution is 14.0. The highest BCUT2D eigenvalue weighted by Crippen LogP contribution is 2.24. The Labute approximate surface area is 178 Å². The molecular weight excluding hydrogens is 457 g/mol. The molecule has 1 aromatic heterocycles. The normalized spacial score (nSPS) is 11.1. The summed E-state index contributed by atoms with van der Waals surface area (Å²) < 4.78 is 12.8. The maximum absolute atomic E-state index is 5.43. The van der Waals surface area contributed by atoms with Gasteiger partial charge in [0.25, 0.3) is 0 Å². The predicted molar refractivity (Wildman–Crippen MR) is 119 cm³/mol. The number of methoxy groups -OCH3 is 2. The van der Waals surface area contributed by atoms with Gasteiger partial charge in [-0.25, -0.2) is 4.98 Å². The maximum Gasteiger partial charge on any atom is 0.191 e. The minimum atomic E-state index is 0. The molecule has 0 saturated heterocycles. The van der Waals surface area contributed by atoms with Crippen LogP contribution < -0.4 is 20.1 Å². The molecule has 1 heterocycles. The number of rotatable bonds is 8. The number of halogens is 1. The number of aromatic nitrogens is 2. The van der Waals surface area contributed by atoms with Crippen molar-refractivity contribution in [2.75, 3.05) is 21.3 Å². The molecule has 7 nitrogen and oxygen atoms in total. The first-order valence-electron chi connectivity index (χ1n) is 8.72. The molecular formula is C19H30IN5O2. The van der Waals surface area contributed by atoms with Crippen LogP contribution >= 0.6 is 24.0 Å². The smallest absolute Gasteiger partial charge is 0.191 e. The third kappa shape index (κ3) is 6.93. The molecule has 0 aliphatic heterocycles. The summed E-state index contributed by atoms with van der Waals surface area (Å²) in [6, 6.07) is 5.77. The summed E-state index contributed by atoms with van der Waals surface area (Å²) in [4.78, 5) is 8.70. The largest absolute Gasteiger partial charge is 0.497 e. The van der Waals surface area contributed by atoms with E-state index in [4.69, 9.17) is 9.47 Å². The minimum Gasteiger partial charge on any atom is -0.497 e. The number of hydrogen-bond donors (Lipinski definition) is 2. The van der Waals surface area contributed by atoms with Gasteiger partial charge in [-0.05, 0) is 18.1 Å². The highest BCUT2D eigenvalue weighted by Gasteiger charge is 2.08. The molecule has 0 bridgehead atoms. The van der Waals surface area contributed by atoms with E-state index in [1.165, 1.54) is 0 Å². The van der Waals surface area contributed by atoms with Crippen LogP contribution in [0.3, 0.4) is 0 Å². The van der Waals surface area contributed by atoms with Gasteiger partial charge in [-0.1, -0.05) is 13.8 Å². The van der Waals surface area contributed by atoms with E-state index in [0.29, 0.717) is 25.0 Å². The zero-order valence-electron chi connectivity index (χ0n) is 16.7. The number of guanidine groups is 1. The van der Waals surface area contributed by atoms with Crippen molar-refractivity contribution in [2.45, 2.75) is 33.5 Å². The summed E-state index contributed by atoms with van der Waals surface area (Å²) in [5.41, 5.74) is 1.03. The lowest BCUT2D eigenvalue weighted by molar-refractivity contribution is 0.390. The molecule has 2 aromatic rings. The lowest BCUT2D eigenvalue weighted by Gasteiger charge is -2.15. The van der Waals surface area contributed by atoms with Crippen LogP contribution in [0.15, 0.2) is 35.6 Å². The van der Waals surface area contributed by atoms with Crippen LogP contribution in [0.4, 0.5) is 0 Å². The summed E-state index contributed by atoms with van der Waals surface area (Å²) in [6.45, 7) is 6.54. The van der Waals surface area contributed by atoms with Crippen LogP contribution in [0.1, 0.15) is 25.2 Å². The summed E-state index contributed by atoms with van der Waals surface area (Å²) >= 11 is 0. The summed E-state index contributed by atoms with van der Waals surface area (Å²) in [7, 11) is 5.04. The Bertz CT molecular complexity index is 731. The second kappa shape index (κ2) is 11.7. The summed E-state index contributed by atoms with van der Waals surface area (Å²) in [5.74, 6) is 3.82. The third-order valence-corrected chi connectivity index (χ3v) is 3.94. The van der Waals surface area contributed by atoms with Crippen LogP contribution in [-0.4, -0.2) is 36.8 Å². The SMILES string of the molecule is CN=C(NCc1ccc(OC)cc1OC)NCc1nccn1CC(C)C.I. The Kier molecular flexibility index (Phi) is 9.98. The van der Waals surface area contributed by atoms with Gasteiger partial charge in [0, 0.05) is 44.2 Å². The molecule has 0 amide bonds. The van der Waals surface area contributed by atoms with Crippen molar-refractivity contribution in [3.8, 4) is 11.5 Å². The van der Waals surface area contributed by atoms with Crippen molar-refractivity contribution in [2.24, 2.45) is 10.9 Å². The number of imidazole rings is 1. The van der Waals surface area contributed by atoms with Crippen molar-refractivity contribution in [1.82, 2.24) is 20.2 Å². The van der Waals surface area contributed by atoms with Gasteiger partial charge in [-0.15, -0.1) is 24.0 Å². The summed E-state index contributed by atoms with van der Waals surface area (Å²) in [6.07, 6.45) is 3.84. The van der Waals surface area contributed by atoms with E-state index >= 15 is 0 Å². The second-order valence-electron chi connectivity index (χ2n) is 6.35. The molecule has 0 spiro atoms. The highest BCUT2D eigenvalue weighted by atomic mass is 127. The topological polar surface area (TPSA) is 72.7 Å². The van der Waals surface area contributed by atoms with E-state index in [-0.39, 0.29) is 24.0 Å². The molecule has 0 atom stereocenters. The minimum absolute atomic E-state index is 0. The first-order valence-corrected chi connectivity index (χ1v) is 8.72. The van der Waals surface area contributed by atoms with Gasteiger partial charge in [-0.3, -0.25) is 4.99 Å². The van der Waals surface area contributed by atoms with Gasteiger partial charge in [0.05, 0.1) is 20.8 Å². The molecule has 0 fully saturated rings. The zero-order chi connectivity index (χ0) is 18.9. The van der Waals surface area contributed by atoms with E-state index in [2.05, 4.69) is 39.0 Å². The standard InChI is InChI=1S/C19H29N5O2.HI/c1-14(2)13-24-9-8-21-18(24)12-23-19(20-3)22-11-15-6-7-16(25-4)10-17(15)26-5;/h6-10,14H,11-13H2,1-5H3,(H2,20,22,23);1H. The number of nitrogens with one attached hydrogen (secondary N) is 2. The van der Waals surface area contributed by atoms with Crippen LogP contribution in [0.2, 0.25) is 0 Å². The number of benzene rings is 1. The monoisotopic (exact) mass is 487 g/mol. The Balaban J connectivity index is 0.00000364. The van der Waals surface area contributed by atoms with Crippen LogP contribution in [0, 0.1) is 5.92 Å². The average molecular weight is 487 g/mol. The van der Waals surface area contributed by atoms with Gasteiger partial charge in [-0.2, -0.15) is 0 Å². The fourth-order valence-electron chi connectivity index (χ4n) is 2.63. The molecule has 0 radical (unpaired) electrons. The fraction of sp³-hybridized carbons (Fsp3) is 0.474. The molecule has 150 valence electrons. The van der Waals surface area contributed by atoms with E-state index in [0.717, 1.165) is 29.4 Å². The molecule has 0 saturated carbocycles. The average Bonchev–Trinajstić information content (AvgIpc) is 3.08. The van der Waals surface area contributed by atoms with Crippen LogP contribution in [0.5, 0.6) is 11.5 Å². The van der Waals surface area contributed by atoms with Crippen LogP contribution in [0.25, 0.3) is 0 Å². The number of hydrogen-bond acceptors (Lipinski definition) is 4. The van der Waals surface area contributed by atoms with Gasteiger partial charge in [0.1, 0.15) is 17.3 Å². The molecule has 0 aliphatic carbocycles. The Morgan fingerprint density at radius 3 is 2.56 bits per heavy atom. The third-order valence-electron chi connectivity index (χ3n) is 3.94. The second-order valence-corrected chi connectivity index (χ2v) is 6.35. The van der Waals surface area contributed by atoms with Crippen molar-refractivity contribution < 1.29 is 9.47 Å². The van der Waals surface area contributed by atoms with Gasteiger partial charge in [0.2, 0.25) is 0 Å². The Morgan fingerprint density at radius 2 is 1.93 bits per heavy atom. The molecule has 0 aliphatic rings. The van der Waals surface area contributed by atoms with Gasteiger partial charge < -0.3 is 24.7 Å². The van der Waals surface area contributed by atoms with E-state index in [1.807, 2.05) is 30.6 Å². The molecule has 1 aromatic carbocycles. The number of ether oxygens (including phenoxy) is 2. The maximum atomic E-state index is 5.43.